The van der Waals surface area contributed by atoms with Gasteiger partial charge in [0.25, 0.3) is 0 Å². The average Bonchev–Trinajstić information content (AvgIpc) is 1.95. The number of nitrogens with zero attached hydrogens (tertiary/aromatic N) is 2. The molecule has 0 rings (SSSR count). The van der Waals surface area contributed by atoms with Gasteiger partial charge >= 0.3 is 0 Å². The van der Waals surface area contributed by atoms with Crippen molar-refractivity contribution >= 4 is 11.4 Å². The van der Waals surface area contributed by atoms with Crippen LogP contribution in [-0.2, 0) is 0 Å². The van der Waals surface area contributed by atoms with Gasteiger partial charge in [-0.15, -0.1) is 0 Å². The maximum absolute atomic E-state index is 4.27. The Hall–Kier alpha value is -0.660. The van der Waals surface area contributed by atoms with Crippen molar-refractivity contribution in [3.63, 3.8) is 0 Å². The van der Waals surface area contributed by atoms with Crippen LogP contribution in [0.5, 0.6) is 0 Å². The fourth-order valence-electron chi connectivity index (χ4n) is 0.450. The summed E-state index contributed by atoms with van der Waals surface area (Å²) < 4.78 is 0. The molecule has 0 saturated carbocycles. The molecule has 0 N–H and O–H groups in total. The third kappa shape index (κ3) is 4.54. The standard InChI is InChI=1S/C12H24N2/c1-9(11(3,4)5)13-14-10(2)12(6,7)8/h1-8H3/b13-9+,14-10+. The van der Waals surface area contributed by atoms with Crippen LogP contribution in [0, 0.1) is 10.8 Å². The van der Waals surface area contributed by atoms with Gasteiger partial charge in [0.1, 0.15) is 0 Å². The second-order valence-electron chi connectivity index (χ2n) is 5.87. The van der Waals surface area contributed by atoms with E-state index in [9.17, 15) is 0 Å². The summed E-state index contributed by atoms with van der Waals surface area (Å²) >= 11 is 0. The lowest BCUT2D eigenvalue weighted by Crippen LogP contribution is -2.18. The fraction of sp³-hybridized carbons (Fsp3) is 0.833. The van der Waals surface area contributed by atoms with Crippen LogP contribution in [-0.4, -0.2) is 11.4 Å². The number of rotatable bonds is 1. The van der Waals surface area contributed by atoms with Crippen LogP contribution in [0.4, 0.5) is 0 Å². The van der Waals surface area contributed by atoms with Crippen molar-refractivity contribution in [3.05, 3.63) is 0 Å². The zero-order valence-electron chi connectivity index (χ0n) is 10.9. The molecule has 0 unspecified atom stereocenters. The predicted molar refractivity (Wildman–Crippen MR) is 65.1 cm³/mol. The molecule has 82 valence electrons. The maximum Gasteiger partial charge on any atom is 0.0428 e. The van der Waals surface area contributed by atoms with Crippen LogP contribution >= 0.6 is 0 Å². The molecule has 14 heavy (non-hydrogen) atoms. The van der Waals surface area contributed by atoms with E-state index in [1.54, 1.807) is 0 Å². The van der Waals surface area contributed by atoms with E-state index < -0.39 is 0 Å². The van der Waals surface area contributed by atoms with Gasteiger partial charge in [0, 0.05) is 22.3 Å². The molecule has 0 aromatic carbocycles. The lowest BCUT2D eigenvalue weighted by Gasteiger charge is -2.19. The third-order valence-electron chi connectivity index (χ3n) is 2.52. The minimum absolute atomic E-state index is 0.113. The smallest absolute Gasteiger partial charge is 0.0428 e. The largest absolute Gasteiger partial charge is 0.160 e. The summed E-state index contributed by atoms with van der Waals surface area (Å²) in [4.78, 5) is 0. The summed E-state index contributed by atoms with van der Waals surface area (Å²) in [7, 11) is 0. The topological polar surface area (TPSA) is 24.7 Å². The van der Waals surface area contributed by atoms with Gasteiger partial charge in [-0.25, -0.2) is 0 Å². The summed E-state index contributed by atoms with van der Waals surface area (Å²) in [5.41, 5.74) is 2.37. The van der Waals surface area contributed by atoms with E-state index in [1.807, 2.05) is 13.8 Å². The normalized spacial score (nSPS) is 16.0. The molecule has 0 amide bonds. The molecule has 0 aromatic rings. The fourth-order valence-corrected chi connectivity index (χ4v) is 0.450. The van der Waals surface area contributed by atoms with Gasteiger partial charge in [-0.05, 0) is 13.8 Å². The summed E-state index contributed by atoms with van der Waals surface area (Å²) in [5.74, 6) is 0. The second kappa shape index (κ2) is 4.24. The molecular formula is C12H24N2. The van der Waals surface area contributed by atoms with Gasteiger partial charge < -0.3 is 0 Å². The Morgan fingerprint density at radius 3 is 1.00 bits per heavy atom. The zero-order valence-corrected chi connectivity index (χ0v) is 10.9. The quantitative estimate of drug-likeness (QED) is 0.448. The minimum Gasteiger partial charge on any atom is -0.160 e. The van der Waals surface area contributed by atoms with Gasteiger partial charge in [0.15, 0.2) is 0 Å². The van der Waals surface area contributed by atoms with Crippen molar-refractivity contribution in [2.75, 3.05) is 0 Å². The molecule has 2 heteroatoms. The first-order valence-corrected chi connectivity index (χ1v) is 5.15. The van der Waals surface area contributed by atoms with Crippen LogP contribution in [0.3, 0.4) is 0 Å². The van der Waals surface area contributed by atoms with Crippen molar-refractivity contribution < 1.29 is 0 Å². The van der Waals surface area contributed by atoms with Gasteiger partial charge in [-0.2, -0.15) is 10.2 Å². The highest BCUT2D eigenvalue weighted by molar-refractivity contribution is 5.90. The molecular weight excluding hydrogens is 172 g/mol. The van der Waals surface area contributed by atoms with Crippen molar-refractivity contribution in [1.29, 1.82) is 0 Å². The molecule has 0 radical (unpaired) electrons. The summed E-state index contributed by atoms with van der Waals surface area (Å²) in [6.07, 6.45) is 0. The molecule has 0 bridgehead atoms. The Kier molecular flexibility index (Phi) is 4.04. The molecule has 0 aliphatic rings. The highest BCUT2D eigenvalue weighted by atomic mass is 15.2. The summed E-state index contributed by atoms with van der Waals surface area (Å²) in [6.45, 7) is 16.9. The van der Waals surface area contributed by atoms with Crippen LogP contribution < -0.4 is 0 Å². The predicted octanol–water partition coefficient (Wildman–Crippen LogP) is 3.92. The van der Waals surface area contributed by atoms with Gasteiger partial charge in [-0.1, -0.05) is 41.5 Å². The Balaban J connectivity index is 4.73. The van der Waals surface area contributed by atoms with Crippen molar-refractivity contribution in [2.45, 2.75) is 55.4 Å². The molecule has 2 nitrogen and oxygen atoms in total. The lowest BCUT2D eigenvalue weighted by atomic mass is 9.91. The van der Waals surface area contributed by atoms with E-state index in [0.717, 1.165) is 11.4 Å². The van der Waals surface area contributed by atoms with E-state index in [-0.39, 0.29) is 10.8 Å². The molecule has 0 aliphatic carbocycles. The van der Waals surface area contributed by atoms with Crippen LogP contribution in [0.25, 0.3) is 0 Å². The maximum atomic E-state index is 4.27. The minimum atomic E-state index is 0.113. The lowest BCUT2D eigenvalue weighted by molar-refractivity contribution is 0.577. The summed E-state index contributed by atoms with van der Waals surface area (Å²) in [6, 6.07) is 0. The van der Waals surface area contributed by atoms with Gasteiger partial charge in [-0.3, -0.25) is 0 Å². The van der Waals surface area contributed by atoms with Crippen LogP contribution in [0.15, 0.2) is 10.2 Å². The van der Waals surface area contributed by atoms with E-state index in [2.05, 4.69) is 51.7 Å². The van der Waals surface area contributed by atoms with Crippen LogP contribution in [0.2, 0.25) is 0 Å². The first-order valence-electron chi connectivity index (χ1n) is 5.15. The van der Waals surface area contributed by atoms with Crippen molar-refractivity contribution in [1.82, 2.24) is 0 Å². The Morgan fingerprint density at radius 2 is 0.857 bits per heavy atom. The molecule has 0 aromatic heterocycles. The van der Waals surface area contributed by atoms with E-state index in [0.29, 0.717) is 0 Å². The first-order chi connectivity index (χ1) is 6.05. The second-order valence-corrected chi connectivity index (χ2v) is 5.87. The van der Waals surface area contributed by atoms with E-state index in [4.69, 9.17) is 0 Å². The monoisotopic (exact) mass is 196 g/mol. The highest BCUT2D eigenvalue weighted by Crippen LogP contribution is 2.18. The number of hydrogen-bond acceptors (Lipinski definition) is 2. The SMILES string of the molecule is C/C(=N\N=C(/C)C(C)(C)C)C(C)(C)C. The molecule has 0 aliphatic heterocycles. The van der Waals surface area contributed by atoms with Crippen molar-refractivity contribution in [2.24, 2.45) is 21.0 Å². The Labute approximate surface area is 88.5 Å². The van der Waals surface area contributed by atoms with E-state index >= 15 is 0 Å². The highest BCUT2D eigenvalue weighted by Gasteiger charge is 2.16. The van der Waals surface area contributed by atoms with Crippen LogP contribution in [0.1, 0.15) is 55.4 Å². The molecule has 0 spiro atoms. The zero-order chi connectivity index (χ0) is 11.6. The van der Waals surface area contributed by atoms with Gasteiger partial charge in [0.05, 0.1) is 0 Å². The molecule has 0 fully saturated rings. The molecule has 0 heterocycles. The summed E-state index contributed by atoms with van der Waals surface area (Å²) in [5, 5.41) is 8.53. The van der Waals surface area contributed by atoms with Gasteiger partial charge in [0.2, 0.25) is 0 Å². The van der Waals surface area contributed by atoms with Crippen molar-refractivity contribution in [3.8, 4) is 0 Å². The molecule has 0 atom stereocenters. The molecule has 0 saturated heterocycles. The average molecular weight is 196 g/mol. The number of hydrogen-bond donors (Lipinski definition) is 0. The third-order valence-corrected chi connectivity index (χ3v) is 2.52. The van der Waals surface area contributed by atoms with E-state index in [1.165, 1.54) is 0 Å². The Morgan fingerprint density at radius 1 is 0.643 bits per heavy atom. The first kappa shape index (κ1) is 13.3. The Bertz CT molecular complexity index is 218.